The quantitative estimate of drug-likeness (QED) is 0.319. The highest BCUT2D eigenvalue weighted by Gasteiger charge is 2.08. The molecule has 1 rings (SSSR count). The second-order valence-corrected chi connectivity index (χ2v) is 2.32. The number of benzene rings is 1. The Morgan fingerprint density at radius 2 is 0.857 bits per heavy atom. The number of hydrogen-bond donors (Lipinski definition) is 2. The van der Waals surface area contributed by atoms with Crippen LogP contribution in [-0.2, 0) is 0 Å². The van der Waals surface area contributed by atoms with Gasteiger partial charge in [-0.3, -0.25) is 30.0 Å². The molecule has 0 heterocycles. The molecule has 0 saturated heterocycles. The zero-order valence-corrected chi connectivity index (χ0v) is 6.63. The minimum Gasteiger partial charge on any atom is -0.284 e. The molecule has 0 radical (unpaired) electrons. The van der Waals surface area contributed by atoms with Gasteiger partial charge in [0.15, 0.2) is 0 Å². The Balaban J connectivity index is 4.67. The SMILES string of the molecule is N=C=c1c(=O)c(=O)c(=C=N)c(=O)c1=O. The maximum absolute atomic E-state index is 11.0. The summed E-state index contributed by atoms with van der Waals surface area (Å²) < 4.78 is 0. The fourth-order valence-electron chi connectivity index (χ4n) is 0.887. The number of hydrogen-bond acceptors (Lipinski definition) is 6. The maximum Gasteiger partial charge on any atom is 0.247 e. The predicted octanol–water partition coefficient (Wildman–Crippen LogP) is -4.16. The van der Waals surface area contributed by atoms with E-state index in [-0.39, 0.29) is 0 Å². The van der Waals surface area contributed by atoms with Gasteiger partial charge in [0.2, 0.25) is 21.7 Å². The van der Waals surface area contributed by atoms with E-state index in [2.05, 4.69) is 0 Å². The van der Waals surface area contributed by atoms with Gasteiger partial charge in [-0.15, -0.1) is 0 Å². The fourth-order valence-corrected chi connectivity index (χ4v) is 0.887. The molecule has 0 aliphatic carbocycles. The van der Waals surface area contributed by atoms with Crippen LogP contribution in [0.4, 0.5) is 0 Å². The van der Waals surface area contributed by atoms with Crippen LogP contribution in [0.1, 0.15) is 0 Å². The van der Waals surface area contributed by atoms with Crippen molar-refractivity contribution in [3.05, 3.63) is 51.3 Å². The molecule has 6 nitrogen and oxygen atoms in total. The highest BCUT2D eigenvalue weighted by molar-refractivity contribution is 5.51. The van der Waals surface area contributed by atoms with Crippen LogP contribution in [0.25, 0.3) is 0 Å². The molecule has 1 aromatic rings. The molecule has 6 heteroatoms. The van der Waals surface area contributed by atoms with Crippen LogP contribution in [0, 0.1) is 10.8 Å². The zero-order valence-electron chi connectivity index (χ0n) is 6.63. The largest absolute Gasteiger partial charge is 0.284 e. The van der Waals surface area contributed by atoms with Crippen molar-refractivity contribution in [3.63, 3.8) is 0 Å². The zero-order chi connectivity index (χ0) is 10.9. The van der Waals surface area contributed by atoms with Crippen LogP contribution >= 0.6 is 0 Å². The molecule has 0 aliphatic rings. The predicted molar refractivity (Wildman–Crippen MR) is 46.8 cm³/mol. The van der Waals surface area contributed by atoms with Gasteiger partial charge in [0.05, 0.1) is 0 Å². The summed E-state index contributed by atoms with van der Waals surface area (Å²) in [6, 6.07) is 0. The Labute approximate surface area is 74.8 Å². The minimum atomic E-state index is -1.29. The van der Waals surface area contributed by atoms with Gasteiger partial charge in [0.1, 0.15) is 10.4 Å². The molecule has 0 unspecified atom stereocenters. The molecule has 0 amide bonds. The lowest BCUT2D eigenvalue weighted by Crippen LogP contribution is -2.64. The summed E-state index contributed by atoms with van der Waals surface area (Å²) in [4.78, 5) is 44.0. The fraction of sp³-hybridized carbons (Fsp3) is 0. The van der Waals surface area contributed by atoms with E-state index in [1.54, 1.807) is 0 Å². The average Bonchev–Trinajstić information content (AvgIpc) is 2.17. The smallest absolute Gasteiger partial charge is 0.247 e. The molecule has 0 spiro atoms. The highest BCUT2D eigenvalue weighted by atomic mass is 16.2. The van der Waals surface area contributed by atoms with E-state index in [9.17, 15) is 19.2 Å². The van der Waals surface area contributed by atoms with Crippen LogP contribution in [0.3, 0.4) is 0 Å². The molecular formula is C8H2N2O4. The van der Waals surface area contributed by atoms with E-state index in [0.29, 0.717) is 0 Å². The first-order valence-corrected chi connectivity index (χ1v) is 3.32. The molecule has 0 aromatic heterocycles. The van der Waals surface area contributed by atoms with Gasteiger partial charge < -0.3 is 0 Å². The Bertz CT molecular complexity index is 640. The van der Waals surface area contributed by atoms with Gasteiger partial charge >= 0.3 is 0 Å². The summed E-state index contributed by atoms with van der Waals surface area (Å²) in [7, 11) is 0. The third-order valence-electron chi connectivity index (χ3n) is 1.57. The standard InChI is InChI=1S/C8H2N2O4/c9-1-3-5(11)7(13)4(2-10)8(14)6(3)12/h9-10H. The molecule has 68 valence electrons. The van der Waals surface area contributed by atoms with E-state index >= 15 is 0 Å². The second-order valence-electron chi connectivity index (χ2n) is 2.32. The van der Waals surface area contributed by atoms with E-state index in [4.69, 9.17) is 10.8 Å². The molecule has 2 N–H and O–H groups in total. The van der Waals surface area contributed by atoms with Gasteiger partial charge in [-0.05, 0) is 11.7 Å². The van der Waals surface area contributed by atoms with E-state index in [0.717, 1.165) is 0 Å². The van der Waals surface area contributed by atoms with Crippen molar-refractivity contribution in [3.8, 4) is 0 Å². The van der Waals surface area contributed by atoms with Crippen LogP contribution in [0.2, 0.25) is 0 Å². The van der Waals surface area contributed by atoms with Gasteiger partial charge in [0, 0.05) is 0 Å². The van der Waals surface area contributed by atoms with Crippen LogP contribution in [0.15, 0.2) is 19.2 Å². The third-order valence-corrected chi connectivity index (χ3v) is 1.57. The summed E-state index contributed by atoms with van der Waals surface area (Å²) >= 11 is 0. The molecule has 1 aromatic carbocycles. The highest BCUT2D eigenvalue weighted by Crippen LogP contribution is 1.28. The van der Waals surface area contributed by atoms with Gasteiger partial charge in [-0.25, -0.2) is 0 Å². The first-order chi connectivity index (χ1) is 6.54. The molecule has 0 saturated carbocycles. The van der Waals surface area contributed by atoms with Crippen LogP contribution < -0.4 is 32.2 Å². The summed E-state index contributed by atoms with van der Waals surface area (Å²) in [5, 5.41) is 11.3. The minimum absolute atomic E-state index is 0.890. The molecule has 0 atom stereocenters. The van der Waals surface area contributed by atoms with Crippen molar-refractivity contribution in [2.75, 3.05) is 0 Å². The van der Waals surface area contributed by atoms with Crippen molar-refractivity contribution < 1.29 is 0 Å². The van der Waals surface area contributed by atoms with Crippen molar-refractivity contribution >= 4 is 11.7 Å². The lowest BCUT2D eigenvalue weighted by atomic mass is 10.2. The first-order valence-electron chi connectivity index (χ1n) is 3.32. The topological polar surface area (TPSA) is 116 Å². The molecule has 14 heavy (non-hydrogen) atoms. The van der Waals surface area contributed by atoms with Gasteiger partial charge in [-0.1, -0.05) is 0 Å². The van der Waals surface area contributed by atoms with Gasteiger partial charge in [0.25, 0.3) is 0 Å². The Hall–Kier alpha value is -2.42. The van der Waals surface area contributed by atoms with Crippen molar-refractivity contribution in [1.82, 2.24) is 0 Å². The Kier molecular flexibility index (Phi) is 2.17. The molecular weight excluding hydrogens is 188 g/mol. The molecule has 0 bridgehead atoms. The second kappa shape index (κ2) is 3.14. The monoisotopic (exact) mass is 190 g/mol. The first kappa shape index (κ1) is 9.67. The summed E-state index contributed by atoms with van der Waals surface area (Å²) in [6.45, 7) is 0. The number of rotatable bonds is 0. The van der Waals surface area contributed by atoms with Crippen molar-refractivity contribution in [1.29, 1.82) is 10.8 Å². The van der Waals surface area contributed by atoms with E-state index in [1.807, 2.05) is 0 Å². The average molecular weight is 190 g/mol. The lowest BCUT2D eigenvalue weighted by molar-refractivity contribution is 1.26. The van der Waals surface area contributed by atoms with Crippen molar-refractivity contribution in [2.24, 2.45) is 0 Å². The van der Waals surface area contributed by atoms with Crippen LogP contribution in [-0.4, -0.2) is 11.7 Å². The Morgan fingerprint density at radius 1 is 0.643 bits per heavy atom. The molecule has 0 fully saturated rings. The van der Waals surface area contributed by atoms with Gasteiger partial charge in [-0.2, -0.15) is 0 Å². The lowest BCUT2D eigenvalue weighted by Gasteiger charge is -1.76. The van der Waals surface area contributed by atoms with E-state index < -0.39 is 32.2 Å². The Morgan fingerprint density at radius 3 is 1.00 bits per heavy atom. The summed E-state index contributed by atoms with van der Waals surface area (Å²) in [5.41, 5.74) is -5.17. The maximum atomic E-state index is 11.0. The van der Waals surface area contributed by atoms with Crippen LogP contribution in [0.5, 0.6) is 0 Å². The van der Waals surface area contributed by atoms with E-state index in [1.165, 1.54) is 11.7 Å². The van der Waals surface area contributed by atoms with Crippen molar-refractivity contribution in [2.45, 2.75) is 0 Å². The summed E-state index contributed by atoms with van der Waals surface area (Å²) in [5.74, 6) is 2.86. The molecule has 0 aliphatic heterocycles. The normalized spacial score (nSPS) is 9.14. The summed E-state index contributed by atoms with van der Waals surface area (Å²) in [6.07, 6.45) is 0. The number of nitrogens with one attached hydrogen (secondary N) is 2. The third kappa shape index (κ3) is 1.08.